The van der Waals surface area contributed by atoms with Gasteiger partial charge in [-0.15, -0.1) is 0 Å². The van der Waals surface area contributed by atoms with Gasteiger partial charge in [0.05, 0.1) is 37.0 Å². The summed E-state index contributed by atoms with van der Waals surface area (Å²) in [6, 6.07) is 4.13. The van der Waals surface area contributed by atoms with Crippen LogP contribution in [-0.2, 0) is 30.8 Å². The molecule has 0 spiro atoms. The number of rotatable bonds is 4. The fraction of sp³-hybridized carbons (Fsp3) is 0.556. The molecule has 2 aliphatic heterocycles. The van der Waals surface area contributed by atoms with E-state index < -0.39 is 0 Å². The third kappa shape index (κ3) is 3.94. The molecule has 2 aliphatic rings. The van der Waals surface area contributed by atoms with Gasteiger partial charge in [-0.2, -0.15) is 16.4 Å². The number of piperidine rings is 1. The lowest BCUT2D eigenvalue weighted by Crippen LogP contribution is -2.39. The number of thiophene rings is 1. The van der Waals surface area contributed by atoms with Gasteiger partial charge in [-0.25, -0.2) is 0 Å². The molecule has 0 radical (unpaired) electrons. The lowest BCUT2D eigenvalue weighted by atomic mass is 10.1. The van der Waals surface area contributed by atoms with Gasteiger partial charge < -0.3 is 10.0 Å². The van der Waals surface area contributed by atoms with E-state index >= 15 is 0 Å². The van der Waals surface area contributed by atoms with Gasteiger partial charge in [0, 0.05) is 19.6 Å². The molecule has 0 aromatic carbocycles. The van der Waals surface area contributed by atoms with E-state index in [1.54, 1.807) is 11.3 Å². The minimum Gasteiger partial charge on any atom is -0.392 e. The first-order valence-corrected chi connectivity index (χ1v) is 9.86. The number of fused-ring (bicyclic) bond motifs is 1. The first-order valence-electron chi connectivity index (χ1n) is 8.92. The van der Waals surface area contributed by atoms with Crippen molar-refractivity contribution in [2.24, 2.45) is 0 Å². The SMILES string of the molecule is O=C(Cc1ccsc1)N1CCn2nc(CN3CCCC(O)C3)cc2C1. The fourth-order valence-corrected chi connectivity index (χ4v) is 4.37. The van der Waals surface area contributed by atoms with E-state index in [1.807, 2.05) is 26.4 Å². The van der Waals surface area contributed by atoms with Crippen LogP contribution in [0.2, 0.25) is 0 Å². The minimum atomic E-state index is -0.212. The average Bonchev–Trinajstić information content (AvgIpc) is 3.23. The molecule has 0 bridgehead atoms. The molecule has 4 heterocycles. The Labute approximate surface area is 151 Å². The molecule has 1 amide bonds. The van der Waals surface area contributed by atoms with Crippen LogP contribution in [0.1, 0.15) is 29.8 Å². The molecule has 2 aromatic rings. The monoisotopic (exact) mass is 360 g/mol. The van der Waals surface area contributed by atoms with Crippen molar-refractivity contribution in [3.05, 3.63) is 39.8 Å². The molecule has 1 fully saturated rings. The predicted molar refractivity (Wildman–Crippen MR) is 96.2 cm³/mol. The van der Waals surface area contributed by atoms with Gasteiger partial charge in [-0.3, -0.25) is 14.4 Å². The summed E-state index contributed by atoms with van der Waals surface area (Å²) in [7, 11) is 0. The molecule has 7 heteroatoms. The van der Waals surface area contributed by atoms with Crippen LogP contribution in [0, 0.1) is 0 Å². The number of β-amino-alcohol motifs (C(OH)–C–C–N with tert-alkyl or cyclic N) is 1. The van der Waals surface area contributed by atoms with Gasteiger partial charge in [-0.1, -0.05) is 0 Å². The third-order valence-electron chi connectivity index (χ3n) is 5.00. The summed E-state index contributed by atoms with van der Waals surface area (Å²) >= 11 is 1.63. The lowest BCUT2D eigenvalue weighted by molar-refractivity contribution is -0.131. The smallest absolute Gasteiger partial charge is 0.227 e. The number of carbonyl (C=O) groups is 1. The molecular weight excluding hydrogens is 336 g/mol. The van der Waals surface area contributed by atoms with Crippen LogP contribution in [0.4, 0.5) is 0 Å². The molecule has 0 aliphatic carbocycles. The number of amides is 1. The topological polar surface area (TPSA) is 61.6 Å². The summed E-state index contributed by atoms with van der Waals surface area (Å²) < 4.78 is 2.03. The highest BCUT2D eigenvalue weighted by Crippen LogP contribution is 2.18. The highest BCUT2D eigenvalue weighted by Gasteiger charge is 2.24. The Hall–Kier alpha value is -1.70. The molecule has 1 saturated heterocycles. The first kappa shape index (κ1) is 16.8. The minimum absolute atomic E-state index is 0.187. The second-order valence-corrected chi connectivity index (χ2v) is 7.79. The largest absolute Gasteiger partial charge is 0.392 e. The molecular formula is C18H24N4O2S. The van der Waals surface area contributed by atoms with Crippen molar-refractivity contribution in [2.45, 2.75) is 45.0 Å². The molecule has 4 rings (SSSR count). The third-order valence-corrected chi connectivity index (χ3v) is 5.73. The van der Waals surface area contributed by atoms with Crippen molar-refractivity contribution < 1.29 is 9.90 Å². The number of carbonyl (C=O) groups excluding carboxylic acids is 1. The molecule has 1 atom stereocenters. The predicted octanol–water partition coefficient (Wildman–Crippen LogP) is 1.49. The van der Waals surface area contributed by atoms with Gasteiger partial charge >= 0.3 is 0 Å². The van der Waals surface area contributed by atoms with E-state index in [9.17, 15) is 9.90 Å². The molecule has 1 N–H and O–H groups in total. The Morgan fingerprint density at radius 2 is 2.28 bits per heavy atom. The number of aromatic nitrogens is 2. The molecule has 134 valence electrons. The summed E-state index contributed by atoms with van der Waals surface area (Å²) in [6.45, 7) is 4.64. The number of aliphatic hydroxyl groups excluding tert-OH is 1. The Morgan fingerprint density at radius 1 is 1.36 bits per heavy atom. The molecule has 2 aromatic heterocycles. The van der Waals surface area contributed by atoms with Gasteiger partial charge in [0.1, 0.15) is 0 Å². The summed E-state index contributed by atoms with van der Waals surface area (Å²) in [4.78, 5) is 16.7. The average molecular weight is 360 g/mol. The summed E-state index contributed by atoms with van der Waals surface area (Å²) in [6.07, 6.45) is 2.21. The number of hydrogen-bond donors (Lipinski definition) is 1. The first-order chi connectivity index (χ1) is 12.2. The summed E-state index contributed by atoms with van der Waals surface area (Å²) in [5.41, 5.74) is 3.24. The van der Waals surface area contributed by atoms with Crippen LogP contribution < -0.4 is 0 Å². The van der Waals surface area contributed by atoms with Gasteiger partial charge in [0.2, 0.25) is 5.91 Å². The fourth-order valence-electron chi connectivity index (χ4n) is 3.70. The highest BCUT2D eigenvalue weighted by molar-refractivity contribution is 7.08. The molecule has 25 heavy (non-hydrogen) atoms. The number of aliphatic hydroxyl groups is 1. The quantitative estimate of drug-likeness (QED) is 0.897. The van der Waals surface area contributed by atoms with Gasteiger partial charge in [0.15, 0.2) is 0 Å². The maximum Gasteiger partial charge on any atom is 0.227 e. The van der Waals surface area contributed by atoms with Gasteiger partial charge in [-0.05, 0) is 47.8 Å². The van der Waals surface area contributed by atoms with Crippen molar-refractivity contribution in [1.82, 2.24) is 19.6 Å². The maximum absolute atomic E-state index is 12.5. The Bertz CT molecular complexity index is 728. The zero-order valence-corrected chi connectivity index (χ0v) is 15.1. The second-order valence-electron chi connectivity index (χ2n) is 7.00. The van der Waals surface area contributed by atoms with Crippen molar-refractivity contribution >= 4 is 17.2 Å². The number of nitrogens with zero attached hydrogens (tertiary/aromatic N) is 4. The number of hydrogen-bond acceptors (Lipinski definition) is 5. The second kappa shape index (κ2) is 7.27. The Morgan fingerprint density at radius 3 is 3.08 bits per heavy atom. The highest BCUT2D eigenvalue weighted by atomic mass is 32.1. The van der Waals surface area contributed by atoms with E-state index in [1.165, 1.54) is 0 Å². The van der Waals surface area contributed by atoms with Crippen molar-refractivity contribution in [3.63, 3.8) is 0 Å². The van der Waals surface area contributed by atoms with Crippen LogP contribution >= 0.6 is 11.3 Å². The van der Waals surface area contributed by atoms with E-state index in [0.29, 0.717) is 13.0 Å². The van der Waals surface area contributed by atoms with E-state index in [2.05, 4.69) is 11.0 Å². The summed E-state index contributed by atoms with van der Waals surface area (Å²) in [5, 5.41) is 18.6. The zero-order valence-electron chi connectivity index (χ0n) is 14.3. The van der Waals surface area contributed by atoms with Crippen molar-refractivity contribution in [3.8, 4) is 0 Å². The van der Waals surface area contributed by atoms with Crippen LogP contribution in [-0.4, -0.2) is 56.3 Å². The van der Waals surface area contributed by atoms with Crippen LogP contribution in [0.5, 0.6) is 0 Å². The van der Waals surface area contributed by atoms with E-state index in [4.69, 9.17) is 5.10 Å². The zero-order chi connectivity index (χ0) is 17.2. The normalized spacial score (nSPS) is 21.3. The van der Waals surface area contributed by atoms with Crippen molar-refractivity contribution in [1.29, 1.82) is 0 Å². The van der Waals surface area contributed by atoms with E-state index in [-0.39, 0.29) is 12.0 Å². The molecule has 1 unspecified atom stereocenters. The maximum atomic E-state index is 12.5. The van der Waals surface area contributed by atoms with Gasteiger partial charge in [0.25, 0.3) is 0 Å². The number of likely N-dealkylation sites (tertiary alicyclic amines) is 1. The lowest BCUT2D eigenvalue weighted by Gasteiger charge is -2.29. The van der Waals surface area contributed by atoms with Crippen LogP contribution in [0.25, 0.3) is 0 Å². The standard InChI is InChI=1S/C18H24N4O2S/c23-17-2-1-4-20(12-17)10-15-9-16-11-21(5-6-22(16)19-15)18(24)8-14-3-7-25-13-14/h3,7,9,13,17,23H,1-2,4-6,8,10-12H2. The Kier molecular flexibility index (Phi) is 4.87. The molecule has 6 nitrogen and oxygen atoms in total. The van der Waals surface area contributed by atoms with E-state index in [0.717, 1.165) is 62.5 Å². The molecule has 0 saturated carbocycles. The van der Waals surface area contributed by atoms with Crippen LogP contribution in [0.15, 0.2) is 22.9 Å². The summed E-state index contributed by atoms with van der Waals surface area (Å²) in [5.74, 6) is 0.187. The Balaban J connectivity index is 1.38. The van der Waals surface area contributed by atoms with Crippen molar-refractivity contribution in [2.75, 3.05) is 19.6 Å². The van der Waals surface area contributed by atoms with Crippen LogP contribution in [0.3, 0.4) is 0 Å².